The highest BCUT2D eigenvalue weighted by molar-refractivity contribution is 6.30. The van der Waals surface area contributed by atoms with Crippen molar-refractivity contribution in [2.45, 2.75) is 32.9 Å². The maximum atomic E-state index is 12.1. The molecule has 0 bridgehead atoms. The summed E-state index contributed by atoms with van der Waals surface area (Å²) in [6.07, 6.45) is -0.0729. The highest BCUT2D eigenvalue weighted by Crippen LogP contribution is 2.22. The Balaban J connectivity index is 2.05. The van der Waals surface area contributed by atoms with E-state index in [2.05, 4.69) is 10.4 Å². The van der Waals surface area contributed by atoms with Crippen LogP contribution in [0.3, 0.4) is 0 Å². The summed E-state index contributed by atoms with van der Waals surface area (Å²) in [5.41, 5.74) is 0.900. The van der Waals surface area contributed by atoms with Crippen LogP contribution in [-0.4, -0.2) is 31.7 Å². The second kappa shape index (κ2) is 7.96. The molecule has 1 unspecified atom stereocenters. The number of benzene rings is 1. The van der Waals surface area contributed by atoms with Crippen molar-refractivity contribution in [3.63, 3.8) is 0 Å². The van der Waals surface area contributed by atoms with Gasteiger partial charge in [-0.2, -0.15) is 5.10 Å². The lowest BCUT2D eigenvalue weighted by Crippen LogP contribution is -2.34. The zero-order valence-electron chi connectivity index (χ0n) is 14.1. The van der Waals surface area contributed by atoms with E-state index in [1.165, 1.54) is 35.9 Å². The van der Waals surface area contributed by atoms with Crippen LogP contribution in [0.1, 0.15) is 29.4 Å². The Morgan fingerprint density at radius 3 is 2.46 bits per heavy atom. The molecule has 0 spiro atoms. The van der Waals surface area contributed by atoms with Crippen molar-refractivity contribution in [1.82, 2.24) is 15.1 Å². The molecule has 1 atom stereocenters. The van der Waals surface area contributed by atoms with Gasteiger partial charge < -0.3 is 10.4 Å². The molecule has 0 aliphatic rings. The molecule has 9 nitrogen and oxygen atoms in total. The maximum absolute atomic E-state index is 12.1. The van der Waals surface area contributed by atoms with Gasteiger partial charge in [0.15, 0.2) is 6.04 Å². The van der Waals surface area contributed by atoms with Gasteiger partial charge in [-0.25, -0.2) is 4.79 Å². The van der Waals surface area contributed by atoms with Crippen molar-refractivity contribution in [2.75, 3.05) is 0 Å². The fourth-order valence-corrected chi connectivity index (χ4v) is 2.68. The zero-order valence-corrected chi connectivity index (χ0v) is 14.9. The molecule has 1 heterocycles. The first kappa shape index (κ1) is 19.4. The number of rotatable bonds is 7. The first-order chi connectivity index (χ1) is 12.2. The number of hydrogen-bond donors (Lipinski definition) is 2. The Bertz CT molecular complexity index is 847. The van der Waals surface area contributed by atoms with Crippen molar-refractivity contribution < 1.29 is 19.6 Å². The molecule has 1 aromatic heterocycles. The molecule has 2 rings (SSSR count). The normalized spacial score (nSPS) is 11.8. The summed E-state index contributed by atoms with van der Waals surface area (Å²) in [5, 5.41) is 27.3. The van der Waals surface area contributed by atoms with Crippen molar-refractivity contribution in [3.05, 3.63) is 56.4 Å². The van der Waals surface area contributed by atoms with Gasteiger partial charge in [0.1, 0.15) is 11.4 Å². The van der Waals surface area contributed by atoms with E-state index in [9.17, 15) is 24.8 Å². The van der Waals surface area contributed by atoms with Crippen LogP contribution in [0.25, 0.3) is 0 Å². The van der Waals surface area contributed by atoms with Crippen LogP contribution >= 0.6 is 11.6 Å². The number of hydrogen-bond acceptors (Lipinski definition) is 5. The van der Waals surface area contributed by atoms with E-state index in [1.807, 2.05) is 0 Å². The van der Waals surface area contributed by atoms with Gasteiger partial charge in [-0.15, -0.1) is 0 Å². The number of carbonyl (C=O) groups is 2. The number of carbonyl (C=O) groups excluding carboxylic acids is 1. The molecule has 26 heavy (non-hydrogen) atoms. The summed E-state index contributed by atoms with van der Waals surface area (Å²) < 4.78 is 1.37. The second-order valence-corrected chi connectivity index (χ2v) is 6.08. The quantitative estimate of drug-likeness (QED) is 0.560. The smallest absolute Gasteiger partial charge is 0.330 e. The van der Waals surface area contributed by atoms with Crippen LogP contribution in [0.15, 0.2) is 24.3 Å². The van der Waals surface area contributed by atoms with Crippen LogP contribution in [0.2, 0.25) is 5.02 Å². The van der Waals surface area contributed by atoms with E-state index in [1.54, 1.807) is 6.92 Å². The number of amides is 1. The first-order valence-electron chi connectivity index (χ1n) is 7.66. The number of nitrogens with one attached hydrogen (secondary N) is 1. The SMILES string of the molecule is Cc1nn(CCC(=O)NC(C(=O)O)c2ccc(Cl)cc2)c(C)c1[N+](=O)[O-]. The molecule has 0 saturated carbocycles. The molecular weight excluding hydrogens is 364 g/mol. The first-order valence-corrected chi connectivity index (χ1v) is 8.04. The molecule has 0 radical (unpaired) electrons. The minimum atomic E-state index is -1.21. The standard InChI is InChI=1S/C16H17ClN4O5/c1-9-15(21(25)26)10(2)20(19-9)8-7-13(22)18-14(16(23)24)11-3-5-12(17)6-4-11/h3-6,14H,7-8H2,1-2H3,(H,18,22)(H,23,24). The van der Waals surface area contributed by atoms with Crippen LogP contribution in [0, 0.1) is 24.0 Å². The lowest BCUT2D eigenvalue weighted by atomic mass is 10.1. The average molecular weight is 381 g/mol. The highest BCUT2D eigenvalue weighted by atomic mass is 35.5. The van der Waals surface area contributed by atoms with Gasteiger partial charge in [-0.3, -0.25) is 19.6 Å². The Morgan fingerprint density at radius 2 is 1.96 bits per heavy atom. The third-order valence-electron chi connectivity index (χ3n) is 3.83. The van der Waals surface area contributed by atoms with Crippen LogP contribution in [0.5, 0.6) is 0 Å². The Morgan fingerprint density at radius 1 is 1.35 bits per heavy atom. The minimum absolute atomic E-state index is 0.0729. The molecule has 1 aromatic carbocycles. The van der Waals surface area contributed by atoms with E-state index < -0.39 is 22.8 Å². The van der Waals surface area contributed by atoms with E-state index in [-0.39, 0.29) is 24.3 Å². The minimum Gasteiger partial charge on any atom is -0.479 e. The van der Waals surface area contributed by atoms with Gasteiger partial charge in [0.05, 0.1) is 11.5 Å². The Kier molecular flexibility index (Phi) is 5.93. The van der Waals surface area contributed by atoms with Gasteiger partial charge in [0.2, 0.25) is 5.91 Å². The van der Waals surface area contributed by atoms with Crippen molar-refractivity contribution >= 4 is 29.2 Å². The zero-order chi connectivity index (χ0) is 19.4. The Labute approximate surface area is 153 Å². The fourth-order valence-electron chi connectivity index (χ4n) is 2.55. The van der Waals surface area contributed by atoms with Crippen LogP contribution in [-0.2, 0) is 16.1 Å². The molecule has 0 aliphatic heterocycles. The summed E-state index contributed by atoms with van der Waals surface area (Å²) >= 11 is 5.78. The largest absolute Gasteiger partial charge is 0.479 e. The van der Waals surface area contributed by atoms with E-state index in [0.717, 1.165) is 0 Å². The molecule has 2 N–H and O–H groups in total. The second-order valence-electron chi connectivity index (χ2n) is 5.64. The predicted molar refractivity (Wildman–Crippen MR) is 92.9 cm³/mol. The van der Waals surface area contributed by atoms with Gasteiger partial charge in [0, 0.05) is 11.4 Å². The number of carboxylic acid groups (broad SMARTS) is 1. The van der Waals surface area contributed by atoms with Crippen molar-refractivity contribution in [2.24, 2.45) is 0 Å². The number of carboxylic acids is 1. The third-order valence-corrected chi connectivity index (χ3v) is 4.08. The summed E-state index contributed by atoms with van der Waals surface area (Å²) in [6.45, 7) is 3.16. The molecular formula is C16H17ClN4O5. The number of aromatic nitrogens is 2. The number of nitro groups is 1. The van der Waals surface area contributed by atoms with E-state index in [0.29, 0.717) is 16.3 Å². The summed E-state index contributed by atoms with van der Waals surface area (Å²) in [7, 11) is 0. The molecule has 2 aromatic rings. The molecule has 10 heteroatoms. The fraction of sp³-hybridized carbons (Fsp3) is 0.312. The molecule has 0 aliphatic carbocycles. The van der Waals surface area contributed by atoms with E-state index >= 15 is 0 Å². The summed E-state index contributed by atoms with van der Waals surface area (Å²) in [6, 6.07) is 4.90. The number of aliphatic carboxylic acids is 1. The molecule has 1 amide bonds. The van der Waals surface area contributed by atoms with Crippen LogP contribution < -0.4 is 5.32 Å². The number of aryl methyl sites for hydroxylation is 2. The van der Waals surface area contributed by atoms with Crippen LogP contribution in [0.4, 0.5) is 5.69 Å². The lowest BCUT2D eigenvalue weighted by Gasteiger charge is -2.15. The summed E-state index contributed by atoms with van der Waals surface area (Å²) in [5.74, 6) is -1.72. The topological polar surface area (TPSA) is 127 Å². The van der Waals surface area contributed by atoms with Gasteiger partial charge in [-0.05, 0) is 31.5 Å². The number of halogens is 1. The lowest BCUT2D eigenvalue weighted by molar-refractivity contribution is -0.386. The predicted octanol–water partition coefficient (Wildman–Crippen LogP) is 2.39. The Hall–Kier alpha value is -2.94. The highest BCUT2D eigenvalue weighted by Gasteiger charge is 2.24. The monoisotopic (exact) mass is 380 g/mol. The third kappa shape index (κ3) is 4.37. The average Bonchev–Trinajstić information content (AvgIpc) is 2.85. The molecule has 0 saturated heterocycles. The van der Waals surface area contributed by atoms with Crippen molar-refractivity contribution in [3.8, 4) is 0 Å². The van der Waals surface area contributed by atoms with Gasteiger partial charge >= 0.3 is 11.7 Å². The van der Waals surface area contributed by atoms with E-state index in [4.69, 9.17) is 11.6 Å². The maximum Gasteiger partial charge on any atom is 0.330 e. The van der Waals surface area contributed by atoms with Crippen molar-refractivity contribution in [1.29, 1.82) is 0 Å². The molecule has 0 fully saturated rings. The number of nitrogens with zero attached hydrogens (tertiary/aromatic N) is 3. The molecule has 138 valence electrons. The van der Waals surface area contributed by atoms with Gasteiger partial charge in [0.25, 0.3) is 0 Å². The van der Waals surface area contributed by atoms with Gasteiger partial charge in [-0.1, -0.05) is 23.7 Å². The summed E-state index contributed by atoms with van der Waals surface area (Å²) in [4.78, 5) is 34.0.